The average molecular weight is 503 g/mol. The Morgan fingerprint density at radius 3 is 0.925 bits per heavy atom. The number of benzene rings is 8. The molecule has 0 spiro atoms. The van der Waals surface area contributed by atoms with E-state index in [4.69, 9.17) is 0 Å². The molecule has 0 saturated heterocycles. The lowest BCUT2D eigenvalue weighted by Gasteiger charge is -2.13. The molecule has 0 amide bonds. The molecule has 40 heavy (non-hydrogen) atoms. The Balaban J connectivity index is 1.25. The molecule has 2 aliphatic rings. The van der Waals surface area contributed by atoms with Crippen molar-refractivity contribution in [1.82, 2.24) is 0 Å². The summed E-state index contributed by atoms with van der Waals surface area (Å²) in [5.41, 5.74) is 13.4. The first-order valence-corrected chi connectivity index (χ1v) is 14.0. The summed E-state index contributed by atoms with van der Waals surface area (Å²) in [6, 6.07) is 50.0. The van der Waals surface area contributed by atoms with Crippen molar-refractivity contribution in [2.45, 2.75) is 0 Å². The highest BCUT2D eigenvalue weighted by atomic mass is 14.3. The molecule has 10 rings (SSSR count). The predicted octanol–water partition coefficient (Wildman–Crippen LogP) is 11.3. The van der Waals surface area contributed by atoms with Gasteiger partial charge in [-0.3, -0.25) is 0 Å². The van der Waals surface area contributed by atoms with Gasteiger partial charge in [0.25, 0.3) is 0 Å². The third-order valence-corrected chi connectivity index (χ3v) is 9.30. The van der Waals surface area contributed by atoms with Crippen molar-refractivity contribution in [3.05, 3.63) is 133 Å². The van der Waals surface area contributed by atoms with E-state index in [9.17, 15) is 0 Å². The Kier molecular flexibility index (Phi) is 3.76. The summed E-state index contributed by atoms with van der Waals surface area (Å²) < 4.78 is 0. The van der Waals surface area contributed by atoms with Crippen LogP contribution >= 0.6 is 0 Å². The number of fused-ring (bicyclic) bond motifs is 8. The van der Waals surface area contributed by atoms with Crippen LogP contribution in [0.25, 0.3) is 98.7 Å². The zero-order valence-electron chi connectivity index (χ0n) is 21.7. The molecule has 182 valence electrons. The summed E-state index contributed by atoms with van der Waals surface area (Å²) >= 11 is 0. The van der Waals surface area contributed by atoms with Crippen molar-refractivity contribution in [3.63, 3.8) is 0 Å². The van der Waals surface area contributed by atoms with Crippen molar-refractivity contribution in [1.29, 1.82) is 0 Å². The van der Waals surface area contributed by atoms with E-state index in [1.807, 2.05) is 0 Å². The van der Waals surface area contributed by atoms with Gasteiger partial charge in [-0.1, -0.05) is 109 Å². The van der Waals surface area contributed by atoms with Crippen molar-refractivity contribution < 1.29 is 0 Å². The van der Waals surface area contributed by atoms with Crippen LogP contribution in [0, 0.1) is 0 Å². The van der Waals surface area contributed by atoms with Crippen LogP contribution < -0.4 is 0 Å². The molecule has 0 unspecified atom stereocenters. The Morgan fingerprint density at radius 1 is 0.225 bits per heavy atom. The molecule has 0 bridgehead atoms. The lowest BCUT2D eigenvalue weighted by Crippen LogP contribution is -1.86. The number of hydrogen-bond acceptors (Lipinski definition) is 0. The highest BCUT2D eigenvalue weighted by molar-refractivity contribution is 6.24. The normalized spacial score (nSPS) is 12.5. The van der Waals surface area contributed by atoms with Crippen molar-refractivity contribution in [2.75, 3.05) is 0 Å². The molecule has 0 fully saturated rings. The maximum absolute atomic E-state index is 2.37. The lowest BCUT2D eigenvalue weighted by atomic mass is 9.90. The maximum atomic E-state index is 2.37. The molecule has 8 aromatic rings. The quantitative estimate of drug-likeness (QED) is 0.209. The summed E-state index contributed by atoms with van der Waals surface area (Å²) in [6.45, 7) is 0. The molecule has 0 saturated carbocycles. The second-order valence-electron chi connectivity index (χ2n) is 11.3. The van der Waals surface area contributed by atoms with Gasteiger partial charge in [-0.15, -0.1) is 0 Å². The van der Waals surface area contributed by atoms with Gasteiger partial charge in [0.1, 0.15) is 0 Å². The Morgan fingerprint density at radius 2 is 0.550 bits per heavy atom. The zero-order chi connectivity index (χ0) is 25.9. The van der Waals surface area contributed by atoms with Crippen LogP contribution in [0.15, 0.2) is 133 Å². The number of rotatable bonds is 1. The van der Waals surface area contributed by atoms with E-state index in [1.54, 1.807) is 0 Å². The summed E-state index contributed by atoms with van der Waals surface area (Å²) in [4.78, 5) is 0. The minimum atomic E-state index is 1.30. The topological polar surface area (TPSA) is 0 Å². The maximum Gasteiger partial charge on any atom is -0.00201 e. The van der Waals surface area contributed by atoms with Crippen LogP contribution in [0.2, 0.25) is 0 Å². The van der Waals surface area contributed by atoms with E-state index in [2.05, 4.69) is 133 Å². The monoisotopic (exact) mass is 502 g/mol. The van der Waals surface area contributed by atoms with Crippen LogP contribution in [0.3, 0.4) is 0 Å². The van der Waals surface area contributed by atoms with Gasteiger partial charge in [0.2, 0.25) is 0 Å². The van der Waals surface area contributed by atoms with E-state index in [1.165, 1.54) is 98.7 Å². The highest BCUT2D eigenvalue weighted by Crippen LogP contribution is 2.53. The summed E-state index contributed by atoms with van der Waals surface area (Å²) in [6.07, 6.45) is 0. The van der Waals surface area contributed by atoms with Crippen LogP contribution in [-0.2, 0) is 0 Å². The molecule has 2 aliphatic carbocycles. The summed E-state index contributed by atoms with van der Waals surface area (Å²) in [7, 11) is 0. The van der Waals surface area contributed by atoms with Crippen LogP contribution in [0.1, 0.15) is 0 Å². The van der Waals surface area contributed by atoms with E-state index >= 15 is 0 Å². The fourth-order valence-electron chi connectivity index (χ4n) is 7.55. The van der Waals surface area contributed by atoms with Gasteiger partial charge in [-0.2, -0.15) is 0 Å². The fraction of sp³-hybridized carbons (Fsp3) is 0. The zero-order valence-corrected chi connectivity index (χ0v) is 21.7. The Bertz CT molecular complexity index is 2150. The Labute approximate surface area is 231 Å². The molecule has 0 aliphatic heterocycles. The summed E-state index contributed by atoms with van der Waals surface area (Å²) in [5.74, 6) is 0. The Hall–Kier alpha value is -5.20. The molecular formula is C40H22. The number of hydrogen-bond donors (Lipinski definition) is 0. The second kappa shape index (κ2) is 7.25. The average Bonchev–Trinajstić information content (AvgIpc) is 3.49. The van der Waals surface area contributed by atoms with Crippen LogP contribution in [0.5, 0.6) is 0 Å². The predicted molar refractivity (Wildman–Crippen MR) is 171 cm³/mol. The smallest absolute Gasteiger partial charge is 0.00201 e. The molecule has 0 N–H and O–H groups in total. The first-order valence-electron chi connectivity index (χ1n) is 14.0. The third kappa shape index (κ3) is 2.52. The van der Waals surface area contributed by atoms with Gasteiger partial charge in [-0.05, 0) is 123 Å². The van der Waals surface area contributed by atoms with Crippen LogP contribution in [-0.4, -0.2) is 0 Å². The second-order valence-corrected chi connectivity index (χ2v) is 11.3. The molecule has 0 atom stereocenters. The minimum Gasteiger partial charge on any atom is -0.0616 e. The largest absolute Gasteiger partial charge is 0.0616 e. The van der Waals surface area contributed by atoms with E-state index in [0.29, 0.717) is 0 Å². The van der Waals surface area contributed by atoms with E-state index in [-0.39, 0.29) is 0 Å². The molecule has 0 heteroatoms. The van der Waals surface area contributed by atoms with E-state index in [0.717, 1.165) is 0 Å². The van der Waals surface area contributed by atoms with Gasteiger partial charge in [0, 0.05) is 0 Å². The molecule has 0 radical (unpaired) electrons. The molecule has 0 nitrogen and oxygen atoms in total. The molecule has 8 aromatic carbocycles. The van der Waals surface area contributed by atoms with Crippen LogP contribution in [0.4, 0.5) is 0 Å². The molecule has 0 heterocycles. The van der Waals surface area contributed by atoms with Crippen molar-refractivity contribution in [3.8, 4) is 55.6 Å². The summed E-state index contributed by atoms with van der Waals surface area (Å²) in [5, 5.41) is 10.6. The molecular weight excluding hydrogens is 480 g/mol. The lowest BCUT2D eigenvalue weighted by molar-refractivity contribution is 1.70. The van der Waals surface area contributed by atoms with Gasteiger partial charge in [0.15, 0.2) is 0 Å². The van der Waals surface area contributed by atoms with Gasteiger partial charge in [-0.25, -0.2) is 0 Å². The van der Waals surface area contributed by atoms with Crippen molar-refractivity contribution >= 4 is 43.1 Å². The minimum absolute atomic E-state index is 1.30. The fourth-order valence-corrected chi connectivity index (χ4v) is 7.55. The van der Waals surface area contributed by atoms with Gasteiger partial charge in [0.05, 0.1) is 0 Å². The van der Waals surface area contributed by atoms with Crippen molar-refractivity contribution in [2.24, 2.45) is 0 Å². The first-order chi connectivity index (χ1) is 19.8. The first kappa shape index (κ1) is 20.7. The standard InChI is InChI=1S/C40H22/c1-3-9-25-21-37-33-17-15-27(29-11-5-13-31(39(29)33)35(37)19-23(25)7-1)28-16-18-34-38-22-26-10-4-2-8-24(26)20-36(38)32-14-6-12-30(28)40(32)34/h1-22H. The molecule has 0 aromatic heterocycles. The third-order valence-electron chi connectivity index (χ3n) is 9.30. The van der Waals surface area contributed by atoms with Gasteiger partial charge >= 0.3 is 0 Å². The van der Waals surface area contributed by atoms with E-state index < -0.39 is 0 Å². The van der Waals surface area contributed by atoms with Gasteiger partial charge < -0.3 is 0 Å². The highest BCUT2D eigenvalue weighted by Gasteiger charge is 2.26. The SMILES string of the molecule is c1ccc2cc3c(cc2c1)-c1cccc2c(-c4ccc5c6c(cccc46)-c4cc6ccccc6cc4-5)ccc-3c12.